The zero-order chi connectivity index (χ0) is 16.8. The maximum Gasteiger partial charge on any atom is 0.329 e. The molecule has 24 heavy (non-hydrogen) atoms. The van der Waals surface area contributed by atoms with E-state index in [1.165, 1.54) is 0 Å². The number of amides is 1. The number of hydrogen-bond acceptors (Lipinski definition) is 4. The van der Waals surface area contributed by atoms with E-state index in [0.717, 1.165) is 18.4 Å². The van der Waals surface area contributed by atoms with E-state index in [1.54, 1.807) is 4.90 Å². The van der Waals surface area contributed by atoms with Crippen molar-refractivity contribution in [3.63, 3.8) is 0 Å². The molecule has 0 aromatic heterocycles. The van der Waals surface area contributed by atoms with Gasteiger partial charge in [0, 0.05) is 6.54 Å². The molecule has 2 rings (SSSR count). The lowest BCUT2D eigenvalue weighted by Gasteiger charge is -2.28. The first-order valence-electron chi connectivity index (χ1n) is 8.31. The normalized spacial score (nSPS) is 19.3. The van der Waals surface area contributed by atoms with Gasteiger partial charge in [0.2, 0.25) is 5.91 Å². The van der Waals surface area contributed by atoms with Gasteiger partial charge >= 0.3 is 5.97 Å². The number of benzene rings is 1. The summed E-state index contributed by atoms with van der Waals surface area (Å²) >= 11 is 0. The number of halogens is 1. The van der Waals surface area contributed by atoms with Crippen LogP contribution in [0.3, 0.4) is 0 Å². The molecule has 1 heterocycles. The van der Waals surface area contributed by atoms with Gasteiger partial charge < -0.3 is 15.4 Å². The highest BCUT2D eigenvalue weighted by Gasteiger charge is 2.38. The zero-order valence-corrected chi connectivity index (χ0v) is 15.1. The van der Waals surface area contributed by atoms with Crippen LogP contribution in [0.2, 0.25) is 0 Å². The molecule has 0 saturated carbocycles. The van der Waals surface area contributed by atoms with Gasteiger partial charge in [-0.3, -0.25) is 4.79 Å². The Hall–Kier alpha value is -1.59. The van der Waals surface area contributed by atoms with Crippen LogP contribution < -0.4 is 5.73 Å². The van der Waals surface area contributed by atoms with Crippen LogP contribution >= 0.6 is 12.4 Å². The predicted molar refractivity (Wildman–Crippen MR) is 95.7 cm³/mol. The van der Waals surface area contributed by atoms with Gasteiger partial charge in [0.25, 0.3) is 0 Å². The van der Waals surface area contributed by atoms with Crippen LogP contribution in [0.5, 0.6) is 0 Å². The summed E-state index contributed by atoms with van der Waals surface area (Å²) in [5.74, 6) is -0.376. The van der Waals surface area contributed by atoms with E-state index < -0.39 is 12.1 Å². The Morgan fingerprint density at radius 2 is 2.00 bits per heavy atom. The van der Waals surface area contributed by atoms with E-state index in [-0.39, 0.29) is 36.8 Å². The van der Waals surface area contributed by atoms with Gasteiger partial charge in [-0.25, -0.2) is 4.79 Å². The maximum absolute atomic E-state index is 12.5. The van der Waals surface area contributed by atoms with Crippen molar-refractivity contribution in [3.05, 3.63) is 35.9 Å². The third kappa shape index (κ3) is 4.95. The van der Waals surface area contributed by atoms with Gasteiger partial charge in [0.15, 0.2) is 0 Å². The minimum atomic E-state index is -0.553. The van der Waals surface area contributed by atoms with Crippen LogP contribution in [0.1, 0.15) is 38.7 Å². The number of likely N-dealkylation sites (tertiary alicyclic amines) is 1. The second-order valence-electron chi connectivity index (χ2n) is 6.19. The molecule has 2 N–H and O–H groups in total. The number of hydrogen-bond donors (Lipinski definition) is 1. The largest absolute Gasteiger partial charge is 0.459 e. The summed E-state index contributed by atoms with van der Waals surface area (Å²) in [7, 11) is 0. The van der Waals surface area contributed by atoms with Crippen LogP contribution in [0.4, 0.5) is 0 Å². The third-order valence-corrected chi connectivity index (χ3v) is 4.57. The molecule has 0 radical (unpaired) electrons. The number of carbonyl (C=O) groups excluding carboxylic acids is 2. The number of carbonyl (C=O) groups is 2. The smallest absolute Gasteiger partial charge is 0.329 e. The fourth-order valence-corrected chi connectivity index (χ4v) is 2.79. The highest BCUT2D eigenvalue weighted by atomic mass is 35.5. The number of nitrogens with two attached hydrogens (primary N) is 1. The van der Waals surface area contributed by atoms with Crippen molar-refractivity contribution < 1.29 is 14.3 Å². The lowest BCUT2D eigenvalue weighted by atomic mass is 9.98. The van der Waals surface area contributed by atoms with Gasteiger partial charge in [0.05, 0.1) is 6.04 Å². The minimum Gasteiger partial charge on any atom is -0.459 e. The second-order valence-corrected chi connectivity index (χ2v) is 6.19. The zero-order valence-electron chi connectivity index (χ0n) is 14.3. The van der Waals surface area contributed by atoms with Gasteiger partial charge in [-0.1, -0.05) is 50.6 Å². The minimum absolute atomic E-state index is 0. The van der Waals surface area contributed by atoms with Crippen LogP contribution in [0.25, 0.3) is 0 Å². The van der Waals surface area contributed by atoms with E-state index in [9.17, 15) is 9.59 Å². The quantitative estimate of drug-likeness (QED) is 0.797. The van der Waals surface area contributed by atoms with Gasteiger partial charge in [-0.05, 0) is 24.3 Å². The van der Waals surface area contributed by atoms with Crippen molar-refractivity contribution in [1.82, 2.24) is 4.90 Å². The standard InChI is InChI=1S/C18H26N2O3.ClH/c1-3-13(2)16(19)17(21)20-11-7-10-15(20)18(22)23-12-14-8-5-4-6-9-14;/h4-6,8-9,13,15-16H,3,7,10-12,19H2,1-2H3;1H/t13-,15+,16-;/m0./s1. The monoisotopic (exact) mass is 354 g/mol. The Kier molecular flexibility index (Phi) is 8.22. The molecule has 1 amide bonds. The van der Waals surface area contributed by atoms with Crippen LogP contribution in [0.15, 0.2) is 30.3 Å². The molecule has 0 spiro atoms. The highest BCUT2D eigenvalue weighted by Crippen LogP contribution is 2.21. The summed E-state index contributed by atoms with van der Waals surface area (Å²) in [5.41, 5.74) is 6.97. The average Bonchev–Trinajstić information content (AvgIpc) is 3.08. The Morgan fingerprint density at radius 1 is 1.33 bits per heavy atom. The maximum atomic E-state index is 12.5. The molecule has 1 aliphatic rings. The van der Waals surface area contributed by atoms with E-state index in [4.69, 9.17) is 10.5 Å². The lowest BCUT2D eigenvalue weighted by Crippen LogP contribution is -2.51. The molecule has 134 valence electrons. The molecule has 5 nitrogen and oxygen atoms in total. The Balaban J connectivity index is 0.00000288. The van der Waals surface area contributed by atoms with Gasteiger partial charge in [0.1, 0.15) is 12.6 Å². The summed E-state index contributed by atoms with van der Waals surface area (Å²) < 4.78 is 5.39. The van der Waals surface area contributed by atoms with Crippen molar-refractivity contribution in [1.29, 1.82) is 0 Å². The third-order valence-electron chi connectivity index (χ3n) is 4.57. The molecule has 3 atom stereocenters. The molecule has 0 aliphatic carbocycles. The van der Waals surface area contributed by atoms with Crippen LogP contribution in [-0.4, -0.2) is 35.4 Å². The number of esters is 1. The summed E-state index contributed by atoms with van der Waals surface area (Å²) in [5, 5.41) is 0. The van der Waals surface area contributed by atoms with Crippen molar-refractivity contribution >= 4 is 24.3 Å². The van der Waals surface area contributed by atoms with E-state index in [2.05, 4.69) is 0 Å². The molecule has 0 bridgehead atoms. The molecule has 6 heteroatoms. The van der Waals surface area contributed by atoms with Crippen molar-refractivity contribution in [2.75, 3.05) is 6.54 Å². The molecule has 1 aliphatic heterocycles. The topological polar surface area (TPSA) is 72.6 Å². The molecule has 1 fully saturated rings. The summed E-state index contributed by atoms with van der Waals surface area (Å²) in [4.78, 5) is 26.5. The number of rotatable bonds is 6. The lowest BCUT2D eigenvalue weighted by molar-refractivity contribution is -0.155. The number of ether oxygens (including phenoxy) is 1. The highest BCUT2D eigenvalue weighted by molar-refractivity contribution is 5.88. The van der Waals surface area contributed by atoms with Crippen LogP contribution in [-0.2, 0) is 20.9 Å². The van der Waals surface area contributed by atoms with Crippen LogP contribution in [0, 0.1) is 5.92 Å². The molecule has 1 saturated heterocycles. The first-order valence-corrected chi connectivity index (χ1v) is 8.31. The molecule has 0 unspecified atom stereocenters. The first-order chi connectivity index (χ1) is 11.0. The summed E-state index contributed by atoms with van der Waals surface area (Å²) in [6.45, 7) is 4.78. The molecule has 1 aromatic carbocycles. The fraction of sp³-hybridized carbons (Fsp3) is 0.556. The Morgan fingerprint density at radius 3 is 2.62 bits per heavy atom. The first kappa shape index (κ1) is 20.5. The van der Waals surface area contributed by atoms with Gasteiger partial charge in [-0.2, -0.15) is 0 Å². The molecular weight excluding hydrogens is 328 g/mol. The predicted octanol–water partition coefficient (Wildman–Crippen LogP) is 2.52. The second kappa shape index (κ2) is 9.64. The Labute approximate surface area is 149 Å². The van der Waals surface area contributed by atoms with Crippen molar-refractivity contribution in [2.45, 2.75) is 51.8 Å². The van der Waals surface area contributed by atoms with E-state index in [0.29, 0.717) is 13.0 Å². The van der Waals surface area contributed by atoms with E-state index in [1.807, 2.05) is 44.2 Å². The van der Waals surface area contributed by atoms with E-state index >= 15 is 0 Å². The summed E-state index contributed by atoms with van der Waals surface area (Å²) in [6, 6.07) is 8.48. The fourth-order valence-electron chi connectivity index (χ4n) is 2.79. The van der Waals surface area contributed by atoms with Crippen molar-refractivity contribution in [3.8, 4) is 0 Å². The molecular formula is C18H27ClN2O3. The Bertz CT molecular complexity index is 538. The molecule has 1 aromatic rings. The van der Waals surface area contributed by atoms with Crippen molar-refractivity contribution in [2.24, 2.45) is 11.7 Å². The number of nitrogens with zero attached hydrogens (tertiary/aromatic N) is 1. The average molecular weight is 355 g/mol. The SMILES string of the molecule is CC[C@H](C)[C@H](N)C(=O)N1CCC[C@@H]1C(=O)OCc1ccccc1.Cl. The summed E-state index contributed by atoms with van der Waals surface area (Å²) in [6.07, 6.45) is 2.29. The van der Waals surface area contributed by atoms with Gasteiger partial charge in [-0.15, -0.1) is 12.4 Å².